The number of hydrogen-bond donors (Lipinski definition) is 2. The highest BCUT2D eigenvalue weighted by Gasteiger charge is 2.11. The van der Waals surface area contributed by atoms with E-state index in [2.05, 4.69) is 15.8 Å². The van der Waals surface area contributed by atoms with Gasteiger partial charge in [-0.25, -0.2) is 5.43 Å². The molecule has 3 rings (SSSR count). The molecule has 5 nitrogen and oxygen atoms in total. The number of halogens is 3. The van der Waals surface area contributed by atoms with Crippen molar-refractivity contribution < 1.29 is 9.59 Å². The van der Waals surface area contributed by atoms with E-state index >= 15 is 0 Å². The number of carbonyl (C=O) groups excluding carboxylic acids is 2. The van der Waals surface area contributed by atoms with Gasteiger partial charge in [0, 0.05) is 21.3 Å². The Morgan fingerprint density at radius 3 is 2.20 bits per heavy atom. The summed E-state index contributed by atoms with van der Waals surface area (Å²) < 4.78 is 0. The molecule has 0 bridgehead atoms. The Hall–Kier alpha value is -2.86. The van der Waals surface area contributed by atoms with Gasteiger partial charge in [-0.1, -0.05) is 46.9 Å². The largest absolute Gasteiger partial charge is 0.322 e. The summed E-state index contributed by atoms with van der Waals surface area (Å²) in [7, 11) is 0. The fraction of sp³-hybridized carbons (Fsp3) is 0.0455. The van der Waals surface area contributed by atoms with E-state index in [9.17, 15) is 9.59 Å². The third-order valence-electron chi connectivity index (χ3n) is 4.15. The third kappa shape index (κ3) is 5.60. The maximum Gasteiger partial charge on any atom is 0.272 e. The van der Waals surface area contributed by atoms with Gasteiger partial charge < -0.3 is 5.32 Å². The fourth-order valence-corrected chi connectivity index (χ4v) is 3.18. The molecule has 0 radical (unpaired) electrons. The van der Waals surface area contributed by atoms with Crippen LogP contribution in [-0.2, 0) is 0 Å². The molecule has 0 aliphatic rings. The van der Waals surface area contributed by atoms with Crippen molar-refractivity contribution in [2.75, 3.05) is 5.32 Å². The minimum atomic E-state index is -0.455. The Kier molecular flexibility index (Phi) is 7.11. The zero-order valence-electron chi connectivity index (χ0n) is 15.7. The third-order valence-corrected chi connectivity index (χ3v) is 4.95. The predicted octanol–water partition coefficient (Wildman–Crippen LogP) is 6.05. The zero-order chi connectivity index (χ0) is 21.7. The average molecular weight is 461 g/mol. The molecular weight excluding hydrogens is 445 g/mol. The molecule has 3 aromatic carbocycles. The molecule has 0 aliphatic heterocycles. The monoisotopic (exact) mass is 459 g/mol. The van der Waals surface area contributed by atoms with Gasteiger partial charge in [0.1, 0.15) is 0 Å². The summed E-state index contributed by atoms with van der Waals surface area (Å²) >= 11 is 17.7. The highest BCUT2D eigenvalue weighted by atomic mass is 35.5. The minimum absolute atomic E-state index is 0.236. The molecule has 2 N–H and O–H groups in total. The molecule has 0 saturated carbocycles. The quantitative estimate of drug-likeness (QED) is 0.359. The van der Waals surface area contributed by atoms with Gasteiger partial charge in [-0.05, 0) is 67.1 Å². The maximum absolute atomic E-state index is 12.4. The Bertz CT molecular complexity index is 1130. The standard InChI is InChI=1S/C22H16Cl3N3O2/c1-13(27-28-22(30)19-10-9-17(24)12-20(19)25)15-3-2-4-18(11-15)26-21(29)14-5-7-16(23)8-6-14/h2-12H,1H3,(H,26,29)(H,28,30)/b27-13-. The van der Waals surface area contributed by atoms with Gasteiger partial charge in [-0.2, -0.15) is 5.10 Å². The first-order chi connectivity index (χ1) is 14.3. The summed E-state index contributed by atoms with van der Waals surface area (Å²) in [5.74, 6) is -0.715. The topological polar surface area (TPSA) is 70.6 Å². The number of nitrogens with one attached hydrogen (secondary N) is 2. The lowest BCUT2D eigenvalue weighted by atomic mass is 10.1. The lowest BCUT2D eigenvalue weighted by Crippen LogP contribution is -2.19. The first kappa shape index (κ1) is 21.8. The summed E-state index contributed by atoms with van der Waals surface area (Å²) in [5, 5.41) is 8.17. The smallest absolute Gasteiger partial charge is 0.272 e. The van der Waals surface area contributed by atoms with Crippen molar-refractivity contribution in [1.82, 2.24) is 5.43 Å². The Morgan fingerprint density at radius 1 is 0.800 bits per heavy atom. The van der Waals surface area contributed by atoms with Crippen molar-refractivity contribution in [3.8, 4) is 0 Å². The van der Waals surface area contributed by atoms with Crippen LogP contribution in [0.25, 0.3) is 0 Å². The molecule has 2 amide bonds. The number of hydrazone groups is 1. The highest BCUT2D eigenvalue weighted by molar-refractivity contribution is 6.36. The second kappa shape index (κ2) is 9.76. The van der Waals surface area contributed by atoms with Gasteiger partial charge in [0.15, 0.2) is 0 Å². The van der Waals surface area contributed by atoms with Gasteiger partial charge in [-0.15, -0.1) is 0 Å². The van der Waals surface area contributed by atoms with Crippen molar-refractivity contribution in [2.24, 2.45) is 5.10 Å². The van der Waals surface area contributed by atoms with E-state index in [1.54, 1.807) is 55.5 Å². The molecule has 0 fully saturated rings. The lowest BCUT2D eigenvalue weighted by molar-refractivity contribution is 0.0954. The van der Waals surface area contributed by atoms with Crippen LogP contribution < -0.4 is 10.7 Å². The van der Waals surface area contributed by atoms with Gasteiger partial charge >= 0.3 is 0 Å². The van der Waals surface area contributed by atoms with Crippen molar-refractivity contribution in [2.45, 2.75) is 6.92 Å². The van der Waals surface area contributed by atoms with E-state index in [0.717, 1.165) is 5.56 Å². The fourth-order valence-electron chi connectivity index (χ4n) is 2.56. The number of hydrogen-bond acceptors (Lipinski definition) is 3. The Morgan fingerprint density at radius 2 is 1.50 bits per heavy atom. The number of nitrogens with zero attached hydrogens (tertiary/aromatic N) is 1. The van der Waals surface area contributed by atoms with E-state index < -0.39 is 5.91 Å². The van der Waals surface area contributed by atoms with E-state index in [1.165, 1.54) is 12.1 Å². The molecule has 152 valence electrons. The molecule has 0 saturated heterocycles. The van der Waals surface area contributed by atoms with Crippen molar-refractivity contribution in [1.29, 1.82) is 0 Å². The molecule has 0 aromatic heterocycles. The van der Waals surface area contributed by atoms with E-state index in [1.807, 2.05) is 6.07 Å². The molecule has 30 heavy (non-hydrogen) atoms. The Labute approximate surface area is 188 Å². The van der Waals surface area contributed by atoms with Gasteiger partial charge in [0.2, 0.25) is 0 Å². The summed E-state index contributed by atoms with van der Waals surface area (Å²) in [4.78, 5) is 24.7. The van der Waals surface area contributed by atoms with E-state index in [4.69, 9.17) is 34.8 Å². The van der Waals surface area contributed by atoms with Crippen LogP contribution in [0.4, 0.5) is 5.69 Å². The molecular formula is C22H16Cl3N3O2. The van der Waals surface area contributed by atoms with Crippen LogP contribution >= 0.6 is 34.8 Å². The molecule has 0 atom stereocenters. The number of anilines is 1. The van der Waals surface area contributed by atoms with Crippen LogP contribution in [-0.4, -0.2) is 17.5 Å². The average Bonchev–Trinajstić information content (AvgIpc) is 2.72. The van der Waals surface area contributed by atoms with Crippen LogP contribution in [0.15, 0.2) is 71.8 Å². The van der Waals surface area contributed by atoms with Crippen LogP contribution in [0.3, 0.4) is 0 Å². The van der Waals surface area contributed by atoms with Gasteiger partial charge in [0.25, 0.3) is 11.8 Å². The zero-order valence-corrected chi connectivity index (χ0v) is 18.0. The number of carbonyl (C=O) groups is 2. The summed E-state index contributed by atoms with van der Waals surface area (Å²) in [6, 6.07) is 18.3. The van der Waals surface area contributed by atoms with Crippen LogP contribution in [0.2, 0.25) is 15.1 Å². The van der Waals surface area contributed by atoms with E-state index in [0.29, 0.717) is 27.0 Å². The first-order valence-corrected chi connectivity index (χ1v) is 9.94. The molecule has 0 aliphatic carbocycles. The number of benzene rings is 3. The van der Waals surface area contributed by atoms with Gasteiger partial charge in [-0.3, -0.25) is 9.59 Å². The van der Waals surface area contributed by atoms with Crippen molar-refractivity contribution in [3.05, 3.63) is 98.5 Å². The second-order valence-electron chi connectivity index (χ2n) is 6.30. The summed E-state index contributed by atoms with van der Waals surface area (Å²) in [5.41, 5.74) is 5.10. The number of rotatable bonds is 5. The Balaban J connectivity index is 1.70. The number of amides is 2. The van der Waals surface area contributed by atoms with Crippen LogP contribution in [0.1, 0.15) is 33.2 Å². The molecule has 8 heteroatoms. The van der Waals surface area contributed by atoms with E-state index in [-0.39, 0.29) is 16.5 Å². The molecule has 0 heterocycles. The van der Waals surface area contributed by atoms with Gasteiger partial charge in [0.05, 0.1) is 16.3 Å². The summed E-state index contributed by atoms with van der Waals surface area (Å²) in [6.45, 7) is 1.74. The predicted molar refractivity (Wildman–Crippen MR) is 122 cm³/mol. The SMILES string of the molecule is C/C(=N/NC(=O)c1ccc(Cl)cc1Cl)c1cccc(NC(=O)c2ccc(Cl)cc2)c1. The second-order valence-corrected chi connectivity index (χ2v) is 7.58. The highest BCUT2D eigenvalue weighted by Crippen LogP contribution is 2.21. The molecule has 3 aromatic rings. The minimum Gasteiger partial charge on any atom is -0.322 e. The van der Waals surface area contributed by atoms with Crippen LogP contribution in [0, 0.1) is 0 Å². The van der Waals surface area contributed by atoms with Crippen molar-refractivity contribution in [3.63, 3.8) is 0 Å². The maximum atomic E-state index is 12.4. The van der Waals surface area contributed by atoms with Crippen LogP contribution in [0.5, 0.6) is 0 Å². The lowest BCUT2D eigenvalue weighted by Gasteiger charge is -2.08. The first-order valence-electron chi connectivity index (χ1n) is 8.80. The molecule has 0 spiro atoms. The normalized spacial score (nSPS) is 11.1. The molecule has 0 unspecified atom stereocenters. The van der Waals surface area contributed by atoms with Crippen molar-refractivity contribution >= 4 is 58.0 Å². The summed E-state index contributed by atoms with van der Waals surface area (Å²) in [6.07, 6.45) is 0.